The number of hydrogen-bond acceptors (Lipinski definition) is 5. The Morgan fingerprint density at radius 2 is 1.73 bits per heavy atom. The molecule has 5 aliphatic carbocycles. The lowest BCUT2D eigenvalue weighted by molar-refractivity contribution is -0.182. The summed E-state index contributed by atoms with van der Waals surface area (Å²) in [6.45, 7) is 5.00. The first-order valence-electron chi connectivity index (χ1n) is 17.0. The van der Waals surface area contributed by atoms with Crippen molar-refractivity contribution in [2.24, 2.45) is 46.3 Å². The largest absolute Gasteiger partial charge is 0.468 e. The van der Waals surface area contributed by atoms with E-state index < -0.39 is 23.4 Å². The number of fused-ring (bicyclic) bond motifs is 1. The summed E-state index contributed by atoms with van der Waals surface area (Å²) in [5.41, 5.74) is 0.342. The first-order valence-corrected chi connectivity index (χ1v) is 17.7. The quantitative estimate of drug-likeness (QED) is 0.291. The highest BCUT2D eigenvalue weighted by atomic mass is 35.5. The standard InChI is InChI=1S/C36H46Cl2N2O5/c1-20(2)29-13-30-36(34(43)44-3,32(45-29)24-4-5-24)17-26(33(42)40(30)18-25-6-7-27(37)12-28(25)38)11-31(41)39-19-35-14-21-8-22(15-35)10-23(9-21)16-35/h6-7,12-13,20-24,26,29,32H,4-5,8-11,14-19H2,1-3H3,(H,39,41)/t21?,22?,23?,26-,29+,32+,35?,36+/m0/s1. The van der Waals surface area contributed by atoms with Crippen molar-refractivity contribution >= 4 is 41.0 Å². The highest BCUT2D eigenvalue weighted by molar-refractivity contribution is 6.35. The minimum absolute atomic E-state index is 0.0209. The Balaban J connectivity index is 1.20. The van der Waals surface area contributed by atoms with Crippen molar-refractivity contribution in [3.63, 3.8) is 0 Å². The number of hydrogen-bond donors (Lipinski definition) is 1. The van der Waals surface area contributed by atoms with Crippen molar-refractivity contribution in [2.45, 2.75) is 96.8 Å². The van der Waals surface area contributed by atoms with Gasteiger partial charge in [-0.3, -0.25) is 14.4 Å². The minimum atomic E-state index is -1.20. The fraction of sp³-hybridized carbons (Fsp3) is 0.694. The molecule has 6 fully saturated rings. The van der Waals surface area contributed by atoms with Crippen molar-refractivity contribution in [3.05, 3.63) is 45.6 Å². The molecule has 1 saturated heterocycles. The van der Waals surface area contributed by atoms with E-state index in [0.29, 0.717) is 22.3 Å². The number of carbonyl (C=O) groups is 3. The maximum Gasteiger partial charge on any atom is 0.320 e. The molecule has 0 aromatic heterocycles. The van der Waals surface area contributed by atoms with Crippen molar-refractivity contribution < 1.29 is 23.9 Å². The smallest absolute Gasteiger partial charge is 0.320 e. The molecule has 7 nitrogen and oxygen atoms in total. The molecular formula is C36H46Cl2N2O5. The summed E-state index contributed by atoms with van der Waals surface area (Å²) in [5.74, 6) is 1.31. The third-order valence-electron chi connectivity index (χ3n) is 11.9. The number of methoxy groups -OCH3 is 1. The molecule has 4 atom stereocenters. The third kappa shape index (κ3) is 5.73. The number of nitrogens with zero attached hydrogens (tertiary/aromatic N) is 1. The van der Waals surface area contributed by atoms with Crippen LogP contribution in [0, 0.1) is 46.3 Å². The zero-order valence-electron chi connectivity index (χ0n) is 26.7. The normalized spacial score (nSPS) is 37.0. The van der Waals surface area contributed by atoms with Gasteiger partial charge < -0.3 is 19.7 Å². The second-order valence-corrected chi connectivity index (χ2v) is 16.4. The van der Waals surface area contributed by atoms with Crippen LogP contribution in [0.3, 0.4) is 0 Å². The van der Waals surface area contributed by atoms with Gasteiger partial charge in [0.25, 0.3) is 0 Å². The van der Waals surface area contributed by atoms with Gasteiger partial charge in [-0.1, -0.05) is 43.1 Å². The fourth-order valence-corrected chi connectivity index (χ4v) is 10.6. The molecule has 9 heteroatoms. The number of amides is 2. The molecule has 4 bridgehead atoms. The van der Waals surface area contributed by atoms with Gasteiger partial charge in [-0.05, 0) is 117 Å². The molecule has 244 valence electrons. The number of halogens is 2. The molecule has 2 amide bonds. The van der Waals surface area contributed by atoms with E-state index in [1.807, 2.05) is 12.1 Å². The molecule has 1 aromatic carbocycles. The van der Waals surface area contributed by atoms with Gasteiger partial charge in [-0.2, -0.15) is 0 Å². The SMILES string of the molecule is COC(=O)[C@]12C[C@H](CC(=O)NCC34CC5CC(CC(C5)C3)C4)C(=O)N(Cc3ccc(Cl)cc3Cl)C1=C[C@H](C(C)C)O[C@@H]2C1CC1. The van der Waals surface area contributed by atoms with Gasteiger partial charge in [0.15, 0.2) is 0 Å². The number of likely N-dealkylation sites (tertiary alicyclic amines) is 1. The molecule has 2 aliphatic heterocycles. The molecule has 1 N–H and O–H groups in total. The van der Waals surface area contributed by atoms with Crippen LogP contribution in [0.15, 0.2) is 30.0 Å². The van der Waals surface area contributed by atoms with Crippen LogP contribution in [0.25, 0.3) is 0 Å². The molecular weight excluding hydrogens is 611 g/mol. The lowest BCUT2D eigenvalue weighted by atomic mass is 9.49. The first kappa shape index (κ1) is 31.5. The van der Waals surface area contributed by atoms with E-state index in [1.165, 1.54) is 45.6 Å². The van der Waals surface area contributed by atoms with Crippen LogP contribution in [0.2, 0.25) is 10.0 Å². The lowest BCUT2D eigenvalue weighted by Gasteiger charge is -2.57. The number of esters is 1. The van der Waals surface area contributed by atoms with E-state index >= 15 is 0 Å². The zero-order valence-corrected chi connectivity index (χ0v) is 28.2. The predicted molar refractivity (Wildman–Crippen MR) is 172 cm³/mol. The molecule has 5 saturated carbocycles. The number of carbonyl (C=O) groups excluding carboxylic acids is 3. The highest BCUT2D eigenvalue weighted by Gasteiger charge is 2.64. The predicted octanol–water partition coefficient (Wildman–Crippen LogP) is 6.94. The van der Waals surface area contributed by atoms with Gasteiger partial charge in [0.1, 0.15) is 5.41 Å². The number of benzene rings is 1. The number of rotatable bonds is 9. The highest BCUT2D eigenvalue weighted by Crippen LogP contribution is 2.60. The summed E-state index contributed by atoms with van der Waals surface area (Å²) in [4.78, 5) is 43.9. The molecule has 7 aliphatic rings. The van der Waals surface area contributed by atoms with Gasteiger partial charge in [0.2, 0.25) is 11.8 Å². The van der Waals surface area contributed by atoms with Gasteiger partial charge in [-0.25, -0.2) is 0 Å². The molecule has 0 unspecified atom stereocenters. The molecule has 2 heterocycles. The number of nitrogens with one attached hydrogen (secondary N) is 1. The molecule has 0 spiro atoms. The lowest BCUT2D eigenvalue weighted by Crippen LogP contribution is -2.61. The number of ether oxygens (including phenoxy) is 2. The maximum absolute atomic E-state index is 14.5. The molecule has 8 rings (SSSR count). The van der Waals surface area contributed by atoms with E-state index in [9.17, 15) is 14.4 Å². The Hall–Kier alpha value is -2.09. The van der Waals surface area contributed by atoms with Crippen LogP contribution < -0.4 is 5.32 Å². The molecule has 0 radical (unpaired) electrons. The van der Waals surface area contributed by atoms with E-state index in [1.54, 1.807) is 17.0 Å². The summed E-state index contributed by atoms with van der Waals surface area (Å²) in [6, 6.07) is 5.23. The summed E-state index contributed by atoms with van der Waals surface area (Å²) in [6.07, 6.45) is 11.0. The summed E-state index contributed by atoms with van der Waals surface area (Å²) >= 11 is 12.8. The van der Waals surface area contributed by atoms with E-state index in [4.69, 9.17) is 32.7 Å². The summed E-state index contributed by atoms with van der Waals surface area (Å²) in [5, 5.41) is 4.23. The van der Waals surface area contributed by atoms with Crippen LogP contribution in [-0.4, -0.2) is 48.5 Å². The van der Waals surface area contributed by atoms with E-state index in [0.717, 1.165) is 36.2 Å². The first-order chi connectivity index (χ1) is 21.5. The van der Waals surface area contributed by atoms with E-state index in [-0.39, 0.29) is 54.6 Å². The Morgan fingerprint density at radius 1 is 1.07 bits per heavy atom. The van der Waals surface area contributed by atoms with Crippen molar-refractivity contribution in [1.82, 2.24) is 10.2 Å². The zero-order chi connectivity index (χ0) is 31.7. The molecule has 45 heavy (non-hydrogen) atoms. The van der Waals surface area contributed by atoms with Gasteiger partial charge in [0.05, 0.1) is 25.9 Å². The van der Waals surface area contributed by atoms with Crippen LogP contribution in [-0.2, 0) is 30.4 Å². The average molecular weight is 658 g/mol. The van der Waals surface area contributed by atoms with Crippen LogP contribution in [0.5, 0.6) is 0 Å². The van der Waals surface area contributed by atoms with Crippen LogP contribution in [0.1, 0.15) is 83.6 Å². The van der Waals surface area contributed by atoms with Gasteiger partial charge in [0, 0.05) is 34.6 Å². The van der Waals surface area contributed by atoms with Crippen molar-refractivity contribution in [3.8, 4) is 0 Å². The molecule has 1 aromatic rings. The average Bonchev–Trinajstić information content (AvgIpc) is 3.83. The monoisotopic (exact) mass is 656 g/mol. The second-order valence-electron chi connectivity index (χ2n) is 15.6. The van der Waals surface area contributed by atoms with Gasteiger partial charge >= 0.3 is 5.97 Å². The van der Waals surface area contributed by atoms with Crippen LogP contribution >= 0.6 is 23.2 Å². The Labute approximate surface area is 276 Å². The summed E-state index contributed by atoms with van der Waals surface area (Å²) < 4.78 is 12.2. The van der Waals surface area contributed by atoms with Crippen molar-refractivity contribution in [2.75, 3.05) is 13.7 Å². The Morgan fingerprint density at radius 3 is 2.31 bits per heavy atom. The number of piperidine rings is 1. The Kier molecular flexibility index (Phi) is 8.30. The summed E-state index contributed by atoms with van der Waals surface area (Å²) in [7, 11) is 1.40. The Bertz CT molecular complexity index is 1370. The van der Waals surface area contributed by atoms with Crippen LogP contribution in [0.4, 0.5) is 0 Å². The second kappa shape index (κ2) is 11.9. The van der Waals surface area contributed by atoms with Crippen molar-refractivity contribution in [1.29, 1.82) is 0 Å². The van der Waals surface area contributed by atoms with E-state index in [2.05, 4.69) is 19.2 Å². The van der Waals surface area contributed by atoms with Gasteiger partial charge in [-0.15, -0.1) is 0 Å². The maximum atomic E-state index is 14.5. The minimum Gasteiger partial charge on any atom is -0.468 e. The third-order valence-corrected chi connectivity index (χ3v) is 12.5. The topological polar surface area (TPSA) is 84.9 Å². The fourth-order valence-electron chi connectivity index (χ4n) is 10.1.